The van der Waals surface area contributed by atoms with Gasteiger partial charge in [0, 0.05) is 13.0 Å². The molecule has 0 saturated heterocycles. The molecular formula is C10H16O3. The summed E-state index contributed by atoms with van der Waals surface area (Å²) in [5.41, 5.74) is 0. The van der Waals surface area contributed by atoms with Crippen LogP contribution in [0.5, 0.6) is 0 Å². The highest BCUT2D eigenvalue weighted by Gasteiger charge is 2.15. The number of ether oxygens (including phenoxy) is 2. The third kappa shape index (κ3) is 3.70. The van der Waals surface area contributed by atoms with E-state index in [0.29, 0.717) is 13.0 Å². The SMILES string of the molecule is CCO[C@H](C)O[C@H]1C=CC(=O)CC1. The fourth-order valence-electron chi connectivity index (χ4n) is 1.31. The van der Waals surface area contributed by atoms with Gasteiger partial charge in [0.25, 0.3) is 0 Å². The summed E-state index contributed by atoms with van der Waals surface area (Å²) in [6.07, 6.45) is 4.60. The van der Waals surface area contributed by atoms with E-state index in [1.54, 1.807) is 12.2 Å². The molecule has 0 saturated carbocycles. The Kier molecular flexibility index (Phi) is 4.12. The van der Waals surface area contributed by atoms with Gasteiger partial charge >= 0.3 is 0 Å². The molecule has 0 amide bonds. The smallest absolute Gasteiger partial charge is 0.155 e. The van der Waals surface area contributed by atoms with Crippen molar-refractivity contribution in [2.45, 2.75) is 39.1 Å². The average Bonchev–Trinajstić information content (AvgIpc) is 2.09. The molecule has 0 aliphatic heterocycles. The Morgan fingerprint density at radius 3 is 3.00 bits per heavy atom. The largest absolute Gasteiger partial charge is 0.353 e. The van der Waals surface area contributed by atoms with E-state index in [4.69, 9.17) is 9.47 Å². The zero-order valence-electron chi connectivity index (χ0n) is 8.16. The fourth-order valence-corrected chi connectivity index (χ4v) is 1.31. The van der Waals surface area contributed by atoms with Gasteiger partial charge in [-0.05, 0) is 26.3 Å². The molecule has 13 heavy (non-hydrogen) atoms. The summed E-state index contributed by atoms with van der Waals surface area (Å²) >= 11 is 0. The maximum absolute atomic E-state index is 10.8. The van der Waals surface area contributed by atoms with Gasteiger partial charge in [0.2, 0.25) is 0 Å². The van der Waals surface area contributed by atoms with Crippen LogP contribution >= 0.6 is 0 Å². The van der Waals surface area contributed by atoms with E-state index in [1.165, 1.54) is 0 Å². The third-order valence-corrected chi connectivity index (χ3v) is 1.94. The number of carbonyl (C=O) groups is 1. The highest BCUT2D eigenvalue weighted by molar-refractivity contribution is 5.90. The molecule has 0 aromatic rings. The molecule has 0 aromatic heterocycles. The molecule has 3 heteroatoms. The molecule has 0 bridgehead atoms. The summed E-state index contributed by atoms with van der Waals surface area (Å²) in [5, 5.41) is 0. The molecule has 2 atom stereocenters. The maximum atomic E-state index is 10.8. The second kappa shape index (κ2) is 5.14. The van der Waals surface area contributed by atoms with Crippen molar-refractivity contribution in [3.05, 3.63) is 12.2 Å². The summed E-state index contributed by atoms with van der Waals surface area (Å²) in [4.78, 5) is 10.8. The van der Waals surface area contributed by atoms with Crippen molar-refractivity contribution < 1.29 is 14.3 Å². The van der Waals surface area contributed by atoms with E-state index in [9.17, 15) is 4.79 Å². The summed E-state index contributed by atoms with van der Waals surface area (Å²) in [5.74, 6) is 0.184. The van der Waals surface area contributed by atoms with Crippen LogP contribution in [-0.4, -0.2) is 24.8 Å². The molecular weight excluding hydrogens is 168 g/mol. The Bertz CT molecular complexity index is 198. The average molecular weight is 184 g/mol. The molecule has 0 aromatic carbocycles. The van der Waals surface area contributed by atoms with Crippen molar-refractivity contribution in [1.82, 2.24) is 0 Å². The van der Waals surface area contributed by atoms with Gasteiger partial charge in [-0.1, -0.05) is 6.08 Å². The lowest BCUT2D eigenvalue weighted by atomic mass is 10.0. The van der Waals surface area contributed by atoms with Crippen molar-refractivity contribution in [3.8, 4) is 0 Å². The number of carbonyl (C=O) groups excluding carboxylic acids is 1. The monoisotopic (exact) mass is 184 g/mol. The zero-order valence-corrected chi connectivity index (χ0v) is 8.16. The zero-order chi connectivity index (χ0) is 9.68. The molecule has 1 aliphatic carbocycles. The minimum atomic E-state index is -0.187. The first-order valence-electron chi connectivity index (χ1n) is 4.70. The highest BCUT2D eigenvalue weighted by atomic mass is 16.7. The predicted octanol–water partition coefficient (Wildman–Crippen LogP) is 1.67. The molecule has 0 radical (unpaired) electrons. The topological polar surface area (TPSA) is 35.5 Å². The van der Waals surface area contributed by atoms with Crippen LogP contribution in [-0.2, 0) is 14.3 Å². The highest BCUT2D eigenvalue weighted by Crippen LogP contribution is 2.13. The van der Waals surface area contributed by atoms with Crippen LogP contribution in [0.2, 0.25) is 0 Å². The molecule has 1 aliphatic rings. The Hall–Kier alpha value is -0.670. The van der Waals surface area contributed by atoms with Crippen LogP contribution in [0, 0.1) is 0 Å². The van der Waals surface area contributed by atoms with Gasteiger partial charge in [-0.2, -0.15) is 0 Å². The van der Waals surface area contributed by atoms with Crippen LogP contribution in [0.1, 0.15) is 26.7 Å². The van der Waals surface area contributed by atoms with Gasteiger partial charge in [-0.25, -0.2) is 0 Å². The van der Waals surface area contributed by atoms with Crippen LogP contribution in [0.15, 0.2) is 12.2 Å². The first-order chi connectivity index (χ1) is 6.22. The van der Waals surface area contributed by atoms with Crippen LogP contribution < -0.4 is 0 Å². The minimum Gasteiger partial charge on any atom is -0.353 e. The number of rotatable bonds is 4. The van der Waals surface area contributed by atoms with Crippen molar-refractivity contribution >= 4 is 5.78 Å². The number of hydrogen-bond acceptors (Lipinski definition) is 3. The van der Waals surface area contributed by atoms with E-state index >= 15 is 0 Å². The summed E-state index contributed by atoms with van der Waals surface area (Å²) in [6.45, 7) is 4.45. The second-order valence-corrected chi connectivity index (χ2v) is 3.06. The third-order valence-electron chi connectivity index (χ3n) is 1.94. The normalized spacial score (nSPS) is 24.8. The minimum absolute atomic E-state index is 0.0410. The lowest BCUT2D eigenvalue weighted by Crippen LogP contribution is -2.23. The lowest BCUT2D eigenvalue weighted by Gasteiger charge is -2.21. The molecule has 74 valence electrons. The molecule has 0 unspecified atom stereocenters. The van der Waals surface area contributed by atoms with Gasteiger partial charge in [-0.3, -0.25) is 4.79 Å². The van der Waals surface area contributed by atoms with E-state index < -0.39 is 0 Å². The van der Waals surface area contributed by atoms with Crippen LogP contribution in [0.4, 0.5) is 0 Å². The number of hydrogen-bond donors (Lipinski definition) is 0. The Labute approximate surface area is 78.7 Å². The van der Waals surface area contributed by atoms with Crippen LogP contribution in [0.3, 0.4) is 0 Å². The summed E-state index contributed by atoms with van der Waals surface area (Å²) in [7, 11) is 0. The summed E-state index contributed by atoms with van der Waals surface area (Å²) < 4.78 is 10.7. The van der Waals surface area contributed by atoms with Crippen LogP contribution in [0.25, 0.3) is 0 Å². The van der Waals surface area contributed by atoms with Crippen molar-refractivity contribution in [2.24, 2.45) is 0 Å². The Balaban J connectivity index is 2.29. The van der Waals surface area contributed by atoms with Gasteiger partial charge in [0.05, 0.1) is 6.10 Å². The Morgan fingerprint density at radius 2 is 2.46 bits per heavy atom. The second-order valence-electron chi connectivity index (χ2n) is 3.06. The molecule has 0 fully saturated rings. The number of allylic oxidation sites excluding steroid dienone is 1. The molecule has 3 nitrogen and oxygen atoms in total. The fraction of sp³-hybridized carbons (Fsp3) is 0.700. The predicted molar refractivity (Wildman–Crippen MR) is 49.3 cm³/mol. The first-order valence-corrected chi connectivity index (χ1v) is 4.70. The van der Waals surface area contributed by atoms with Gasteiger partial charge < -0.3 is 9.47 Å². The van der Waals surface area contributed by atoms with Crippen molar-refractivity contribution in [2.75, 3.05) is 6.61 Å². The quantitative estimate of drug-likeness (QED) is 0.623. The van der Waals surface area contributed by atoms with Crippen molar-refractivity contribution in [3.63, 3.8) is 0 Å². The molecule has 1 rings (SSSR count). The van der Waals surface area contributed by atoms with E-state index in [2.05, 4.69) is 0 Å². The Morgan fingerprint density at radius 1 is 1.69 bits per heavy atom. The molecule has 0 spiro atoms. The lowest BCUT2D eigenvalue weighted by molar-refractivity contribution is -0.149. The van der Waals surface area contributed by atoms with E-state index in [0.717, 1.165) is 6.42 Å². The van der Waals surface area contributed by atoms with E-state index in [1.807, 2.05) is 13.8 Å². The van der Waals surface area contributed by atoms with E-state index in [-0.39, 0.29) is 18.2 Å². The van der Waals surface area contributed by atoms with Gasteiger partial charge in [0.15, 0.2) is 12.1 Å². The van der Waals surface area contributed by atoms with Gasteiger partial charge in [-0.15, -0.1) is 0 Å². The van der Waals surface area contributed by atoms with Gasteiger partial charge in [0.1, 0.15) is 0 Å². The molecule has 0 heterocycles. The summed E-state index contributed by atoms with van der Waals surface area (Å²) in [6, 6.07) is 0. The molecule has 0 N–H and O–H groups in total. The number of ketones is 1. The first kappa shape index (κ1) is 10.4. The maximum Gasteiger partial charge on any atom is 0.155 e. The standard InChI is InChI=1S/C10H16O3/c1-3-12-8(2)13-10-6-4-9(11)5-7-10/h4,6,8,10H,3,5,7H2,1-2H3/t8-,10-/m0/s1. The van der Waals surface area contributed by atoms with Crippen molar-refractivity contribution in [1.29, 1.82) is 0 Å².